The number of carbonyl (C=O) groups is 1. The van der Waals surface area contributed by atoms with Crippen LogP contribution < -0.4 is 0 Å². The summed E-state index contributed by atoms with van der Waals surface area (Å²) < 4.78 is 1.69. The summed E-state index contributed by atoms with van der Waals surface area (Å²) in [5, 5.41) is 26.2. The molecule has 6 heteroatoms. The minimum Gasteiger partial charge on any atom is -0.478 e. The fourth-order valence-corrected chi connectivity index (χ4v) is 2.13. The summed E-state index contributed by atoms with van der Waals surface area (Å²) in [7, 11) is 0. The number of aliphatic hydroxyl groups excluding tert-OH is 1. The van der Waals surface area contributed by atoms with Crippen molar-refractivity contribution in [3.8, 4) is 5.69 Å². The first-order valence-electron chi connectivity index (χ1n) is 6.09. The molecule has 1 heterocycles. The van der Waals surface area contributed by atoms with Gasteiger partial charge in [0.1, 0.15) is 5.69 Å². The van der Waals surface area contributed by atoms with Crippen LogP contribution in [-0.4, -0.2) is 31.2 Å². The van der Waals surface area contributed by atoms with Crippen LogP contribution in [0.4, 0.5) is 0 Å². The summed E-state index contributed by atoms with van der Waals surface area (Å²) in [5.74, 6) is -0.556. The molecule has 1 fully saturated rings. The lowest BCUT2D eigenvalue weighted by Crippen LogP contribution is -2.04. The Bertz CT molecular complexity index is 615. The average Bonchev–Trinajstić information content (AvgIpc) is 3.17. The van der Waals surface area contributed by atoms with Crippen molar-refractivity contribution in [3.05, 3.63) is 41.2 Å². The molecule has 6 nitrogen and oxygen atoms in total. The maximum atomic E-state index is 10.8. The Labute approximate surface area is 109 Å². The van der Waals surface area contributed by atoms with Crippen LogP contribution >= 0.6 is 0 Å². The molecule has 3 rings (SSSR count). The van der Waals surface area contributed by atoms with Crippen LogP contribution in [0.1, 0.15) is 40.5 Å². The Balaban J connectivity index is 2.01. The molecule has 0 atom stereocenters. The van der Waals surface area contributed by atoms with Gasteiger partial charge in [0, 0.05) is 5.92 Å². The third kappa shape index (κ3) is 2.10. The van der Waals surface area contributed by atoms with Crippen molar-refractivity contribution < 1.29 is 15.0 Å². The quantitative estimate of drug-likeness (QED) is 0.864. The smallest absolute Gasteiger partial charge is 0.335 e. The van der Waals surface area contributed by atoms with E-state index in [0.29, 0.717) is 11.6 Å². The largest absolute Gasteiger partial charge is 0.478 e. The van der Waals surface area contributed by atoms with E-state index in [4.69, 9.17) is 5.11 Å². The van der Waals surface area contributed by atoms with E-state index >= 15 is 0 Å². The second-order valence-electron chi connectivity index (χ2n) is 4.62. The molecular formula is C13H13N3O3. The fourth-order valence-electron chi connectivity index (χ4n) is 2.13. The molecule has 2 N–H and O–H groups in total. The Kier molecular flexibility index (Phi) is 2.79. The first-order valence-corrected chi connectivity index (χ1v) is 6.09. The van der Waals surface area contributed by atoms with Gasteiger partial charge in [0.2, 0.25) is 0 Å². The highest BCUT2D eigenvalue weighted by Crippen LogP contribution is 2.41. The van der Waals surface area contributed by atoms with E-state index in [9.17, 15) is 9.90 Å². The first kappa shape index (κ1) is 11.9. The molecule has 0 radical (unpaired) electrons. The second-order valence-corrected chi connectivity index (χ2v) is 4.62. The van der Waals surface area contributed by atoms with E-state index in [2.05, 4.69) is 10.3 Å². The maximum Gasteiger partial charge on any atom is 0.335 e. The number of hydrogen-bond donors (Lipinski definition) is 2. The molecule has 0 bridgehead atoms. The standard InChI is InChI=1S/C13H13N3O3/c17-7-11-12(8-1-2-8)16(15-14-11)10-5-3-9(4-6-10)13(18)19/h3-6,8,17H,1-2,7H2,(H,18,19). The van der Waals surface area contributed by atoms with E-state index in [1.807, 2.05) is 0 Å². The monoisotopic (exact) mass is 259 g/mol. The highest BCUT2D eigenvalue weighted by Gasteiger charge is 2.31. The predicted molar refractivity (Wildman–Crippen MR) is 66.2 cm³/mol. The summed E-state index contributed by atoms with van der Waals surface area (Å²) in [5.41, 5.74) is 2.54. The van der Waals surface area contributed by atoms with Crippen molar-refractivity contribution >= 4 is 5.97 Å². The van der Waals surface area contributed by atoms with Crippen LogP contribution in [0.25, 0.3) is 5.69 Å². The summed E-state index contributed by atoms with van der Waals surface area (Å²) in [6, 6.07) is 6.47. The van der Waals surface area contributed by atoms with Gasteiger partial charge in [-0.3, -0.25) is 0 Å². The van der Waals surface area contributed by atoms with Crippen LogP contribution in [0.3, 0.4) is 0 Å². The van der Waals surface area contributed by atoms with Crippen LogP contribution in [0.5, 0.6) is 0 Å². The van der Waals surface area contributed by atoms with Crippen LogP contribution in [-0.2, 0) is 6.61 Å². The third-order valence-corrected chi connectivity index (χ3v) is 3.25. The predicted octanol–water partition coefficient (Wildman–Crippen LogP) is 1.34. The normalized spacial score (nSPS) is 14.6. The van der Waals surface area contributed by atoms with E-state index in [0.717, 1.165) is 24.2 Å². The number of aromatic carboxylic acids is 1. The summed E-state index contributed by atoms with van der Waals surface area (Å²) in [6.45, 7) is -0.126. The molecule has 1 aromatic carbocycles. The van der Waals surface area contributed by atoms with Gasteiger partial charge in [-0.05, 0) is 37.1 Å². The zero-order valence-electron chi connectivity index (χ0n) is 10.2. The van der Waals surface area contributed by atoms with Crippen LogP contribution in [0.2, 0.25) is 0 Å². The Hall–Kier alpha value is -2.21. The molecule has 0 amide bonds. The topological polar surface area (TPSA) is 88.2 Å². The van der Waals surface area contributed by atoms with Crippen molar-refractivity contribution in [2.24, 2.45) is 0 Å². The molecular weight excluding hydrogens is 246 g/mol. The van der Waals surface area contributed by atoms with Crippen LogP contribution in [0.15, 0.2) is 24.3 Å². The molecule has 98 valence electrons. The number of carboxylic acids is 1. The van der Waals surface area contributed by atoms with Gasteiger partial charge in [0.05, 0.1) is 23.6 Å². The van der Waals surface area contributed by atoms with E-state index in [-0.39, 0.29) is 12.2 Å². The average molecular weight is 259 g/mol. The molecule has 0 unspecified atom stereocenters. The van der Waals surface area contributed by atoms with E-state index in [1.54, 1.807) is 16.8 Å². The summed E-state index contributed by atoms with van der Waals surface area (Å²) in [4.78, 5) is 10.8. The van der Waals surface area contributed by atoms with Crippen molar-refractivity contribution in [1.82, 2.24) is 15.0 Å². The molecule has 1 aliphatic carbocycles. The third-order valence-electron chi connectivity index (χ3n) is 3.25. The van der Waals surface area contributed by atoms with Gasteiger partial charge in [-0.25, -0.2) is 9.48 Å². The lowest BCUT2D eigenvalue weighted by molar-refractivity contribution is 0.0697. The van der Waals surface area contributed by atoms with E-state index < -0.39 is 5.97 Å². The lowest BCUT2D eigenvalue weighted by atomic mass is 10.2. The Morgan fingerprint density at radius 1 is 1.32 bits per heavy atom. The van der Waals surface area contributed by atoms with Gasteiger partial charge < -0.3 is 10.2 Å². The van der Waals surface area contributed by atoms with Crippen molar-refractivity contribution in [3.63, 3.8) is 0 Å². The molecule has 1 saturated carbocycles. The lowest BCUT2D eigenvalue weighted by Gasteiger charge is -2.06. The minimum atomic E-state index is -0.955. The highest BCUT2D eigenvalue weighted by molar-refractivity contribution is 5.87. The molecule has 1 aliphatic rings. The van der Waals surface area contributed by atoms with Crippen molar-refractivity contribution in [1.29, 1.82) is 0 Å². The number of rotatable bonds is 4. The van der Waals surface area contributed by atoms with Gasteiger partial charge in [0.15, 0.2) is 0 Å². The van der Waals surface area contributed by atoms with Gasteiger partial charge >= 0.3 is 5.97 Å². The number of benzene rings is 1. The van der Waals surface area contributed by atoms with Gasteiger partial charge in [0.25, 0.3) is 0 Å². The summed E-state index contributed by atoms with van der Waals surface area (Å²) >= 11 is 0. The first-order chi connectivity index (χ1) is 9.20. The number of aromatic nitrogens is 3. The molecule has 0 aliphatic heterocycles. The SMILES string of the molecule is O=C(O)c1ccc(-n2nnc(CO)c2C2CC2)cc1. The number of aliphatic hydroxyl groups is 1. The van der Waals surface area contributed by atoms with Crippen molar-refractivity contribution in [2.75, 3.05) is 0 Å². The minimum absolute atomic E-state index is 0.126. The second kappa shape index (κ2) is 4.47. The zero-order valence-corrected chi connectivity index (χ0v) is 10.2. The molecule has 0 saturated heterocycles. The van der Waals surface area contributed by atoms with Crippen LogP contribution in [0, 0.1) is 0 Å². The zero-order chi connectivity index (χ0) is 13.4. The highest BCUT2D eigenvalue weighted by atomic mass is 16.4. The number of carboxylic acid groups (broad SMARTS) is 1. The van der Waals surface area contributed by atoms with Gasteiger partial charge in [-0.15, -0.1) is 5.10 Å². The Morgan fingerprint density at radius 3 is 2.53 bits per heavy atom. The number of hydrogen-bond acceptors (Lipinski definition) is 4. The fraction of sp³-hybridized carbons (Fsp3) is 0.308. The van der Waals surface area contributed by atoms with Gasteiger partial charge in [-0.1, -0.05) is 5.21 Å². The molecule has 19 heavy (non-hydrogen) atoms. The van der Waals surface area contributed by atoms with Gasteiger partial charge in [-0.2, -0.15) is 0 Å². The molecule has 2 aromatic rings. The summed E-state index contributed by atoms with van der Waals surface area (Å²) in [6.07, 6.45) is 2.15. The Morgan fingerprint density at radius 2 is 2.00 bits per heavy atom. The maximum absolute atomic E-state index is 10.8. The van der Waals surface area contributed by atoms with E-state index in [1.165, 1.54) is 12.1 Å². The molecule has 1 aromatic heterocycles. The number of nitrogens with zero attached hydrogens (tertiary/aromatic N) is 3. The van der Waals surface area contributed by atoms with Crippen molar-refractivity contribution in [2.45, 2.75) is 25.4 Å². The molecule has 0 spiro atoms.